The van der Waals surface area contributed by atoms with Crippen LogP contribution >= 0.6 is 0 Å². The van der Waals surface area contributed by atoms with E-state index in [0.29, 0.717) is 5.92 Å². The molecule has 2 heteroatoms. The molecule has 10 heavy (non-hydrogen) atoms. The Hall–Kier alpha value is -0.0800. The highest BCUT2D eigenvalue weighted by Gasteiger charge is 2.16. The van der Waals surface area contributed by atoms with Crippen LogP contribution in [0.1, 0.15) is 33.6 Å². The quantitative estimate of drug-likeness (QED) is 0.623. The van der Waals surface area contributed by atoms with Crippen molar-refractivity contribution in [2.75, 3.05) is 0 Å². The van der Waals surface area contributed by atoms with Gasteiger partial charge >= 0.3 is 0 Å². The molecule has 0 amide bonds. The number of nitrogens with two attached hydrogens (primary N) is 1. The highest BCUT2D eigenvalue weighted by molar-refractivity contribution is 4.73. The minimum Gasteiger partial charge on any atom is -0.392 e. The summed E-state index contributed by atoms with van der Waals surface area (Å²) in [5.41, 5.74) is 5.70. The largest absolute Gasteiger partial charge is 0.392 e. The average Bonchev–Trinajstić information content (AvgIpc) is 1.87. The zero-order valence-corrected chi connectivity index (χ0v) is 7.17. The first-order chi connectivity index (χ1) is 4.59. The predicted octanol–water partition coefficient (Wildman–Crippen LogP) is 1.13. The molecule has 0 bridgehead atoms. The second-order valence-electron chi connectivity index (χ2n) is 3.18. The SMILES string of the molecule is CCC[C@@H](O)[C@H](N)C(C)C. The van der Waals surface area contributed by atoms with Crippen LogP contribution in [-0.4, -0.2) is 17.3 Å². The van der Waals surface area contributed by atoms with Gasteiger partial charge in [0, 0.05) is 6.04 Å². The van der Waals surface area contributed by atoms with Crippen molar-refractivity contribution in [2.24, 2.45) is 11.7 Å². The molecule has 2 nitrogen and oxygen atoms in total. The van der Waals surface area contributed by atoms with Crippen molar-refractivity contribution in [3.05, 3.63) is 0 Å². The summed E-state index contributed by atoms with van der Waals surface area (Å²) in [5.74, 6) is 0.376. The topological polar surface area (TPSA) is 46.2 Å². The smallest absolute Gasteiger partial charge is 0.0693 e. The number of aliphatic hydroxyl groups excluding tert-OH is 1. The third kappa shape index (κ3) is 3.18. The van der Waals surface area contributed by atoms with E-state index in [-0.39, 0.29) is 12.1 Å². The fourth-order valence-corrected chi connectivity index (χ4v) is 0.933. The molecule has 0 aliphatic heterocycles. The van der Waals surface area contributed by atoms with E-state index in [4.69, 9.17) is 5.73 Å². The zero-order chi connectivity index (χ0) is 8.15. The molecular formula is C8H19NO. The van der Waals surface area contributed by atoms with Gasteiger partial charge < -0.3 is 10.8 Å². The molecule has 0 aliphatic carbocycles. The Morgan fingerprint density at radius 1 is 1.40 bits per heavy atom. The lowest BCUT2D eigenvalue weighted by Crippen LogP contribution is -2.38. The van der Waals surface area contributed by atoms with E-state index in [9.17, 15) is 5.11 Å². The number of hydrogen-bond donors (Lipinski definition) is 2. The summed E-state index contributed by atoms with van der Waals surface area (Å²) in [6.45, 7) is 6.11. The van der Waals surface area contributed by atoms with Crippen LogP contribution in [0.3, 0.4) is 0 Å². The molecular weight excluding hydrogens is 126 g/mol. The lowest BCUT2D eigenvalue weighted by Gasteiger charge is -2.21. The predicted molar refractivity (Wildman–Crippen MR) is 43.7 cm³/mol. The molecule has 0 aliphatic rings. The molecule has 0 fully saturated rings. The van der Waals surface area contributed by atoms with Crippen molar-refractivity contribution in [2.45, 2.75) is 45.8 Å². The maximum atomic E-state index is 9.36. The highest BCUT2D eigenvalue weighted by atomic mass is 16.3. The van der Waals surface area contributed by atoms with E-state index in [1.165, 1.54) is 0 Å². The molecule has 0 radical (unpaired) electrons. The second kappa shape index (κ2) is 4.69. The van der Waals surface area contributed by atoms with Gasteiger partial charge in [0.25, 0.3) is 0 Å². The molecule has 0 aromatic rings. The van der Waals surface area contributed by atoms with Crippen LogP contribution in [0.15, 0.2) is 0 Å². The lowest BCUT2D eigenvalue weighted by atomic mass is 9.97. The summed E-state index contributed by atoms with van der Waals surface area (Å²) < 4.78 is 0. The van der Waals surface area contributed by atoms with Crippen LogP contribution in [0.2, 0.25) is 0 Å². The summed E-state index contributed by atoms with van der Waals surface area (Å²) in [7, 11) is 0. The maximum absolute atomic E-state index is 9.36. The Balaban J connectivity index is 3.58. The minimum atomic E-state index is -0.315. The van der Waals surface area contributed by atoms with Gasteiger partial charge in [-0.3, -0.25) is 0 Å². The van der Waals surface area contributed by atoms with Crippen LogP contribution < -0.4 is 5.73 Å². The standard InChI is InChI=1S/C8H19NO/c1-4-5-7(10)8(9)6(2)3/h6-8,10H,4-5,9H2,1-3H3/t7-,8-/m1/s1. The van der Waals surface area contributed by atoms with Gasteiger partial charge in [0.2, 0.25) is 0 Å². The van der Waals surface area contributed by atoms with Crippen LogP contribution in [-0.2, 0) is 0 Å². The van der Waals surface area contributed by atoms with Gasteiger partial charge in [-0.15, -0.1) is 0 Å². The van der Waals surface area contributed by atoms with E-state index < -0.39 is 0 Å². The maximum Gasteiger partial charge on any atom is 0.0693 e. The first kappa shape index (κ1) is 9.92. The first-order valence-electron chi connectivity index (χ1n) is 4.03. The van der Waals surface area contributed by atoms with Gasteiger partial charge in [0.1, 0.15) is 0 Å². The molecule has 0 saturated carbocycles. The fraction of sp³-hybridized carbons (Fsp3) is 1.00. The van der Waals surface area contributed by atoms with E-state index >= 15 is 0 Å². The molecule has 0 spiro atoms. The second-order valence-corrected chi connectivity index (χ2v) is 3.18. The van der Waals surface area contributed by atoms with E-state index in [2.05, 4.69) is 6.92 Å². The van der Waals surface area contributed by atoms with Crippen LogP contribution in [0.5, 0.6) is 0 Å². The van der Waals surface area contributed by atoms with Crippen LogP contribution in [0.25, 0.3) is 0 Å². The van der Waals surface area contributed by atoms with Gasteiger partial charge in [-0.1, -0.05) is 27.2 Å². The highest BCUT2D eigenvalue weighted by Crippen LogP contribution is 2.07. The summed E-state index contributed by atoms with van der Waals surface area (Å²) in [6, 6.07) is -0.0556. The van der Waals surface area contributed by atoms with Gasteiger partial charge in [0.15, 0.2) is 0 Å². The molecule has 0 heterocycles. The van der Waals surface area contributed by atoms with Crippen molar-refractivity contribution in [1.82, 2.24) is 0 Å². The summed E-state index contributed by atoms with van der Waals surface area (Å²) >= 11 is 0. The Bertz CT molecular complexity index is 83.3. The molecule has 0 rings (SSSR count). The molecule has 0 aromatic heterocycles. The molecule has 0 aromatic carbocycles. The molecule has 2 atom stereocenters. The van der Waals surface area contributed by atoms with E-state index in [0.717, 1.165) is 12.8 Å². The van der Waals surface area contributed by atoms with Crippen molar-refractivity contribution < 1.29 is 5.11 Å². The Morgan fingerprint density at radius 2 is 1.90 bits per heavy atom. The number of aliphatic hydroxyl groups is 1. The lowest BCUT2D eigenvalue weighted by molar-refractivity contribution is 0.115. The number of hydrogen-bond acceptors (Lipinski definition) is 2. The van der Waals surface area contributed by atoms with Gasteiger partial charge in [0.05, 0.1) is 6.10 Å². The first-order valence-corrected chi connectivity index (χ1v) is 4.03. The van der Waals surface area contributed by atoms with Crippen molar-refractivity contribution in [1.29, 1.82) is 0 Å². The minimum absolute atomic E-state index is 0.0556. The Kier molecular flexibility index (Phi) is 4.65. The Labute approximate surface area is 63.4 Å². The van der Waals surface area contributed by atoms with E-state index in [1.807, 2.05) is 13.8 Å². The Morgan fingerprint density at radius 3 is 2.20 bits per heavy atom. The van der Waals surface area contributed by atoms with Gasteiger partial charge in [-0.05, 0) is 12.3 Å². The molecule has 3 N–H and O–H groups in total. The van der Waals surface area contributed by atoms with Crippen molar-refractivity contribution in [3.8, 4) is 0 Å². The number of rotatable bonds is 4. The monoisotopic (exact) mass is 145 g/mol. The van der Waals surface area contributed by atoms with Crippen LogP contribution in [0, 0.1) is 5.92 Å². The van der Waals surface area contributed by atoms with Gasteiger partial charge in [-0.25, -0.2) is 0 Å². The summed E-state index contributed by atoms with van der Waals surface area (Å²) in [4.78, 5) is 0. The van der Waals surface area contributed by atoms with E-state index in [1.54, 1.807) is 0 Å². The summed E-state index contributed by atoms with van der Waals surface area (Å²) in [6.07, 6.45) is 1.51. The molecule has 0 saturated heterocycles. The fourth-order valence-electron chi connectivity index (χ4n) is 0.933. The van der Waals surface area contributed by atoms with Crippen molar-refractivity contribution >= 4 is 0 Å². The third-order valence-electron chi connectivity index (χ3n) is 1.80. The summed E-state index contributed by atoms with van der Waals surface area (Å²) in [5, 5.41) is 9.36. The van der Waals surface area contributed by atoms with Crippen molar-refractivity contribution in [3.63, 3.8) is 0 Å². The third-order valence-corrected chi connectivity index (χ3v) is 1.80. The van der Waals surface area contributed by atoms with Gasteiger partial charge in [-0.2, -0.15) is 0 Å². The van der Waals surface area contributed by atoms with Crippen LogP contribution in [0.4, 0.5) is 0 Å². The zero-order valence-electron chi connectivity index (χ0n) is 7.17. The molecule has 62 valence electrons. The molecule has 0 unspecified atom stereocenters. The average molecular weight is 145 g/mol. The normalized spacial score (nSPS) is 17.4.